The predicted molar refractivity (Wildman–Crippen MR) is 95.1 cm³/mol. The third-order valence-electron chi connectivity index (χ3n) is 5.84. The van der Waals surface area contributed by atoms with Crippen LogP contribution < -0.4 is 10.6 Å². The van der Waals surface area contributed by atoms with E-state index in [1.54, 1.807) is 10.9 Å². The Balaban J connectivity index is 1.60. The highest BCUT2D eigenvalue weighted by Gasteiger charge is 2.49. The van der Waals surface area contributed by atoms with Gasteiger partial charge in [-0.05, 0) is 43.9 Å². The van der Waals surface area contributed by atoms with Crippen molar-refractivity contribution in [1.29, 1.82) is 0 Å². The minimum Gasteiger partial charge on any atom is -0.356 e. The van der Waals surface area contributed by atoms with Gasteiger partial charge in [-0.25, -0.2) is 0 Å². The van der Waals surface area contributed by atoms with E-state index in [4.69, 9.17) is 11.6 Å². The maximum absolute atomic E-state index is 12.7. The smallest absolute Gasteiger partial charge is 0.226 e. The molecule has 0 aliphatic carbocycles. The van der Waals surface area contributed by atoms with Gasteiger partial charge in [-0.2, -0.15) is 5.10 Å². The molecule has 2 amide bonds. The number of hydrogen-bond acceptors (Lipinski definition) is 3. The highest BCUT2D eigenvalue weighted by atomic mass is 35.5. The number of benzene rings is 1. The molecule has 0 radical (unpaired) electrons. The molecule has 2 aliphatic heterocycles. The first-order valence-corrected chi connectivity index (χ1v) is 8.98. The normalized spacial score (nSPS) is 29.7. The van der Waals surface area contributed by atoms with Crippen LogP contribution in [0, 0.1) is 11.3 Å². The third kappa shape index (κ3) is 2.51. The summed E-state index contributed by atoms with van der Waals surface area (Å²) in [7, 11) is 1.87. The molecule has 3 heterocycles. The molecule has 2 saturated heterocycles. The molecule has 2 N–H and O–H groups in total. The molecule has 6 nitrogen and oxygen atoms in total. The fraction of sp³-hybridized carbons (Fsp3) is 0.500. The van der Waals surface area contributed by atoms with Crippen LogP contribution >= 0.6 is 11.6 Å². The zero-order valence-electron chi connectivity index (χ0n) is 14.3. The van der Waals surface area contributed by atoms with Gasteiger partial charge >= 0.3 is 0 Å². The van der Waals surface area contributed by atoms with E-state index in [0.29, 0.717) is 24.4 Å². The number of hydrogen-bond donors (Lipinski definition) is 2. The second-order valence-corrected chi connectivity index (χ2v) is 7.73. The highest BCUT2D eigenvalue weighted by molar-refractivity contribution is 6.35. The number of fused-ring (bicyclic) bond motifs is 1. The van der Waals surface area contributed by atoms with Crippen molar-refractivity contribution >= 4 is 34.3 Å². The largest absolute Gasteiger partial charge is 0.356 e. The van der Waals surface area contributed by atoms with Crippen LogP contribution in [0.4, 0.5) is 0 Å². The molecule has 132 valence electrons. The van der Waals surface area contributed by atoms with Crippen molar-refractivity contribution in [2.45, 2.75) is 32.2 Å². The summed E-state index contributed by atoms with van der Waals surface area (Å²) in [6.07, 6.45) is 3.94. The van der Waals surface area contributed by atoms with Gasteiger partial charge in [-0.15, -0.1) is 0 Å². The zero-order valence-corrected chi connectivity index (χ0v) is 15.1. The molecule has 25 heavy (non-hydrogen) atoms. The van der Waals surface area contributed by atoms with E-state index in [-0.39, 0.29) is 23.8 Å². The zero-order chi connectivity index (χ0) is 17.8. The average Bonchev–Trinajstić information content (AvgIpc) is 3.12. The second kappa shape index (κ2) is 5.73. The van der Waals surface area contributed by atoms with Crippen LogP contribution in [0.5, 0.6) is 0 Å². The first-order valence-electron chi connectivity index (χ1n) is 8.60. The number of rotatable bonds is 2. The summed E-state index contributed by atoms with van der Waals surface area (Å²) in [6, 6.07) is 3.85. The van der Waals surface area contributed by atoms with E-state index in [0.717, 1.165) is 22.9 Å². The van der Waals surface area contributed by atoms with Crippen molar-refractivity contribution < 1.29 is 9.59 Å². The fourth-order valence-corrected chi connectivity index (χ4v) is 4.45. The van der Waals surface area contributed by atoms with Crippen LogP contribution in [0.2, 0.25) is 5.02 Å². The molecule has 1 aromatic heterocycles. The van der Waals surface area contributed by atoms with Crippen LogP contribution in [0.15, 0.2) is 18.3 Å². The van der Waals surface area contributed by atoms with Gasteiger partial charge < -0.3 is 10.6 Å². The molecule has 2 unspecified atom stereocenters. The summed E-state index contributed by atoms with van der Waals surface area (Å²) in [6.45, 7) is 2.55. The minimum absolute atomic E-state index is 0.00884. The quantitative estimate of drug-likeness (QED) is 0.863. The molecule has 3 atom stereocenters. The summed E-state index contributed by atoms with van der Waals surface area (Å²) >= 11 is 6.39. The first kappa shape index (κ1) is 16.4. The third-order valence-corrected chi connectivity index (χ3v) is 6.15. The summed E-state index contributed by atoms with van der Waals surface area (Å²) in [5, 5.41) is 11.7. The van der Waals surface area contributed by atoms with Gasteiger partial charge in [0.25, 0.3) is 0 Å². The van der Waals surface area contributed by atoms with Crippen molar-refractivity contribution in [3.05, 3.63) is 28.9 Å². The number of nitrogens with one attached hydrogen (secondary N) is 2. The number of aryl methyl sites for hydroxylation is 1. The van der Waals surface area contributed by atoms with Crippen LogP contribution in [0.25, 0.3) is 10.9 Å². The monoisotopic (exact) mass is 360 g/mol. The van der Waals surface area contributed by atoms with Crippen LogP contribution in [-0.4, -0.2) is 28.1 Å². The van der Waals surface area contributed by atoms with Gasteiger partial charge in [0.2, 0.25) is 11.8 Å². The van der Waals surface area contributed by atoms with Crippen LogP contribution in [-0.2, 0) is 16.6 Å². The second-order valence-electron chi connectivity index (χ2n) is 7.32. The minimum atomic E-state index is -0.599. The standard InChI is InChI=1S/C18H21ClN4O2/c1-18(5-6-20-17(18)25)12-3-4-14(22-16(12)24)10-7-13(19)11-9-21-23(2)15(11)8-10/h7-9,12,14H,3-6H2,1-2H3,(H,20,25)(H,22,24)/t12?,14?,18-/m1/s1. The van der Waals surface area contributed by atoms with Gasteiger partial charge in [0.15, 0.2) is 0 Å². The Labute approximate surface area is 150 Å². The van der Waals surface area contributed by atoms with E-state index in [9.17, 15) is 9.59 Å². The predicted octanol–water partition coefficient (Wildman–Crippen LogP) is 2.32. The molecular weight excluding hydrogens is 340 g/mol. The lowest BCUT2D eigenvalue weighted by Crippen LogP contribution is -2.48. The Morgan fingerprint density at radius 1 is 1.32 bits per heavy atom. The summed E-state index contributed by atoms with van der Waals surface area (Å²) in [4.78, 5) is 24.9. The van der Waals surface area contributed by atoms with E-state index >= 15 is 0 Å². The van der Waals surface area contributed by atoms with Crippen molar-refractivity contribution in [1.82, 2.24) is 20.4 Å². The summed E-state index contributed by atoms with van der Waals surface area (Å²) < 4.78 is 1.78. The summed E-state index contributed by atoms with van der Waals surface area (Å²) in [5.41, 5.74) is 1.33. The maximum Gasteiger partial charge on any atom is 0.226 e. The van der Waals surface area contributed by atoms with E-state index in [2.05, 4.69) is 15.7 Å². The molecule has 2 aromatic rings. The van der Waals surface area contributed by atoms with E-state index in [1.165, 1.54) is 0 Å². The molecule has 0 spiro atoms. The molecule has 0 saturated carbocycles. The lowest BCUT2D eigenvalue weighted by Gasteiger charge is -2.37. The maximum atomic E-state index is 12.7. The number of carbonyl (C=O) groups is 2. The topological polar surface area (TPSA) is 76.0 Å². The molecule has 4 rings (SSSR count). The SMILES string of the molecule is Cn1ncc2c(Cl)cc(C3CCC([C@@]4(C)CCNC4=O)C(=O)N3)cc21. The Kier molecular flexibility index (Phi) is 3.76. The number of nitrogens with zero attached hydrogens (tertiary/aromatic N) is 2. The van der Waals surface area contributed by atoms with Gasteiger partial charge in [-0.3, -0.25) is 14.3 Å². The number of aromatic nitrogens is 2. The van der Waals surface area contributed by atoms with E-state index in [1.807, 2.05) is 26.1 Å². The van der Waals surface area contributed by atoms with Crippen molar-refractivity contribution in [2.75, 3.05) is 6.54 Å². The van der Waals surface area contributed by atoms with Crippen molar-refractivity contribution in [3.8, 4) is 0 Å². The lowest BCUT2D eigenvalue weighted by atomic mass is 9.70. The number of carbonyl (C=O) groups excluding carboxylic acids is 2. The lowest BCUT2D eigenvalue weighted by molar-refractivity contribution is -0.141. The Morgan fingerprint density at radius 3 is 2.80 bits per heavy atom. The Morgan fingerprint density at radius 2 is 2.12 bits per heavy atom. The van der Waals surface area contributed by atoms with Gasteiger partial charge in [0, 0.05) is 19.0 Å². The molecular formula is C18H21ClN4O2. The number of halogens is 1. The summed E-state index contributed by atoms with van der Waals surface area (Å²) in [5.74, 6) is -0.329. The molecule has 0 bridgehead atoms. The van der Waals surface area contributed by atoms with Crippen LogP contribution in [0.1, 0.15) is 37.8 Å². The highest BCUT2D eigenvalue weighted by Crippen LogP contribution is 2.42. The number of amides is 2. The Hall–Kier alpha value is -2.08. The van der Waals surface area contributed by atoms with Crippen molar-refractivity contribution in [3.63, 3.8) is 0 Å². The van der Waals surface area contributed by atoms with Gasteiger partial charge in [0.05, 0.1) is 34.1 Å². The van der Waals surface area contributed by atoms with Gasteiger partial charge in [-0.1, -0.05) is 11.6 Å². The van der Waals surface area contributed by atoms with E-state index < -0.39 is 5.41 Å². The molecule has 2 aliphatic rings. The van der Waals surface area contributed by atoms with Gasteiger partial charge in [0.1, 0.15) is 0 Å². The first-order chi connectivity index (χ1) is 11.9. The molecule has 2 fully saturated rings. The van der Waals surface area contributed by atoms with Crippen molar-refractivity contribution in [2.24, 2.45) is 18.4 Å². The Bertz CT molecular complexity index is 877. The molecule has 7 heteroatoms. The fourth-order valence-electron chi connectivity index (χ4n) is 4.18. The number of piperidine rings is 1. The van der Waals surface area contributed by atoms with Crippen LogP contribution in [0.3, 0.4) is 0 Å². The molecule has 1 aromatic carbocycles. The average molecular weight is 361 g/mol.